The Morgan fingerprint density at radius 1 is 1.53 bits per heavy atom. The first-order chi connectivity index (χ1) is 7.99. The maximum absolute atomic E-state index is 11.7. The van der Waals surface area contributed by atoms with E-state index in [1.165, 1.54) is 11.8 Å². The molecular weight excluding hydrogens is 286 g/mol. The van der Waals surface area contributed by atoms with Crippen LogP contribution >= 0.6 is 15.9 Å². The molecule has 1 atom stereocenters. The minimum Gasteiger partial charge on any atom is -0.391 e. The van der Waals surface area contributed by atoms with E-state index in [9.17, 15) is 14.7 Å². The molecular formula is C12H12BrNO3. The Morgan fingerprint density at radius 3 is 2.76 bits per heavy atom. The number of halogens is 1. The quantitative estimate of drug-likeness (QED) is 0.846. The number of aliphatic hydroxyl groups excluding tert-OH is 1. The molecule has 2 rings (SSSR count). The molecule has 1 unspecified atom stereocenters. The van der Waals surface area contributed by atoms with Crippen molar-refractivity contribution in [1.82, 2.24) is 0 Å². The van der Waals surface area contributed by atoms with Crippen LogP contribution in [0.5, 0.6) is 0 Å². The van der Waals surface area contributed by atoms with Crippen LogP contribution in [0.4, 0.5) is 5.69 Å². The highest BCUT2D eigenvalue weighted by molar-refractivity contribution is 9.10. The standard InChI is InChI=1S/C12H12BrNO3/c1-7(15)8-2-3-10(13)11(4-8)14-6-9(16)5-12(14)17/h2-4,9,16H,5-6H2,1H3. The Kier molecular flexibility index (Phi) is 3.31. The van der Waals surface area contributed by atoms with Crippen molar-refractivity contribution in [2.45, 2.75) is 19.4 Å². The summed E-state index contributed by atoms with van der Waals surface area (Å²) >= 11 is 3.35. The Bertz CT molecular complexity index is 487. The number of Topliss-reactive ketones (excluding diaryl/α,β-unsaturated/α-hetero) is 1. The molecule has 17 heavy (non-hydrogen) atoms. The van der Waals surface area contributed by atoms with Crippen molar-refractivity contribution >= 4 is 33.3 Å². The molecule has 0 aromatic heterocycles. The number of ketones is 1. The highest BCUT2D eigenvalue weighted by Gasteiger charge is 2.30. The largest absolute Gasteiger partial charge is 0.391 e. The number of carbonyl (C=O) groups is 2. The van der Waals surface area contributed by atoms with Gasteiger partial charge in [0.1, 0.15) is 0 Å². The second-order valence-corrected chi connectivity index (χ2v) is 4.94. The van der Waals surface area contributed by atoms with Gasteiger partial charge >= 0.3 is 0 Å². The van der Waals surface area contributed by atoms with E-state index >= 15 is 0 Å². The molecule has 1 N–H and O–H groups in total. The van der Waals surface area contributed by atoms with Gasteiger partial charge in [0.2, 0.25) is 5.91 Å². The van der Waals surface area contributed by atoms with E-state index in [2.05, 4.69) is 15.9 Å². The first kappa shape index (κ1) is 12.3. The predicted molar refractivity (Wildman–Crippen MR) is 67.1 cm³/mol. The van der Waals surface area contributed by atoms with E-state index in [0.29, 0.717) is 11.3 Å². The molecule has 1 heterocycles. The number of hydrogen-bond acceptors (Lipinski definition) is 3. The molecule has 0 aliphatic carbocycles. The fraction of sp³-hybridized carbons (Fsp3) is 0.333. The predicted octanol–water partition coefficient (Wildman–Crippen LogP) is 1.75. The van der Waals surface area contributed by atoms with Crippen molar-refractivity contribution in [1.29, 1.82) is 0 Å². The molecule has 1 aliphatic heterocycles. The second-order valence-electron chi connectivity index (χ2n) is 4.08. The summed E-state index contributed by atoms with van der Waals surface area (Å²) in [4.78, 5) is 24.5. The van der Waals surface area contributed by atoms with Crippen LogP contribution in [0.1, 0.15) is 23.7 Å². The first-order valence-corrected chi connectivity index (χ1v) is 6.07. The van der Waals surface area contributed by atoms with Gasteiger partial charge in [0.05, 0.1) is 24.8 Å². The number of benzene rings is 1. The molecule has 0 radical (unpaired) electrons. The van der Waals surface area contributed by atoms with Gasteiger partial charge in [-0.2, -0.15) is 0 Å². The SMILES string of the molecule is CC(=O)c1ccc(Br)c(N2CC(O)CC2=O)c1. The number of aliphatic hydroxyl groups is 1. The normalized spacial score (nSPS) is 19.8. The lowest BCUT2D eigenvalue weighted by atomic mass is 10.1. The lowest BCUT2D eigenvalue weighted by Gasteiger charge is -2.18. The zero-order chi connectivity index (χ0) is 12.6. The monoisotopic (exact) mass is 297 g/mol. The van der Waals surface area contributed by atoms with Crippen LogP contribution in [-0.2, 0) is 4.79 Å². The fourth-order valence-corrected chi connectivity index (χ4v) is 2.32. The molecule has 0 spiro atoms. The van der Waals surface area contributed by atoms with Gasteiger partial charge in [-0.15, -0.1) is 0 Å². The number of amides is 1. The third kappa shape index (κ3) is 2.40. The molecule has 1 amide bonds. The fourth-order valence-electron chi connectivity index (χ4n) is 1.86. The van der Waals surface area contributed by atoms with Gasteiger partial charge in [0.15, 0.2) is 5.78 Å². The summed E-state index contributed by atoms with van der Waals surface area (Å²) in [6, 6.07) is 5.11. The van der Waals surface area contributed by atoms with E-state index in [-0.39, 0.29) is 24.7 Å². The molecule has 1 fully saturated rings. The van der Waals surface area contributed by atoms with Crippen LogP contribution in [0.2, 0.25) is 0 Å². The number of rotatable bonds is 2. The number of hydrogen-bond donors (Lipinski definition) is 1. The van der Waals surface area contributed by atoms with Crippen LogP contribution in [0, 0.1) is 0 Å². The Balaban J connectivity index is 2.41. The summed E-state index contributed by atoms with van der Waals surface area (Å²) in [5, 5.41) is 9.46. The first-order valence-electron chi connectivity index (χ1n) is 5.28. The zero-order valence-corrected chi connectivity index (χ0v) is 10.9. The average molecular weight is 298 g/mol. The maximum Gasteiger partial charge on any atom is 0.229 e. The lowest BCUT2D eigenvalue weighted by molar-refractivity contribution is -0.117. The van der Waals surface area contributed by atoms with Gasteiger partial charge in [-0.05, 0) is 35.0 Å². The van der Waals surface area contributed by atoms with Crippen molar-refractivity contribution < 1.29 is 14.7 Å². The molecule has 1 aromatic carbocycles. The van der Waals surface area contributed by atoms with Gasteiger partial charge in [-0.25, -0.2) is 0 Å². The Hall–Kier alpha value is -1.20. The van der Waals surface area contributed by atoms with E-state index in [4.69, 9.17) is 0 Å². The summed E-state index contributed by atoms with van der Waals surface area (Å²) in [6.07, 6.45) is -0.494. The smallest absolute Gasteiger partial charge is 0.229 e. The second kappa shape index (κ2) is 4.58. The lowest BCUT2D eigenvalue weighted by Crippen LogP contribution is -2.25. The van der Waals surface area contributed by atoms with Crippen LogP contribution in [-0.4, -0.2) is 29.4 Å². The van der Waals surface area contributed by atoms with Gasteiger partial charge in [0.25, 0.3) is 0 Å². The van der Waals surface area contributed by atoms with Gasteiger partial charge in [-0.3, -0.25) is 9.59 Å². The third-order valence-corrected chi connectivity index (χ3v) is 3.42. The average Bonchev–Trinajstić information content (AvgIpc) is 2.58. The summed E-state index contributed by atoms with van der Waals surface area (Å²) in [5.74, 6) is -0.176. The van der Waals surface area contributed by atoms with E-state index < -0.39 is 6.10 Å². The van der Waals surface area contributed by atoms with Crippen LogP contribution in [0.3, 0.4) is 0 Å². The molecule has 0 saturated carbocycles. The summed E-state index contributed by atoms with van der Waals surface area (Å²) in [6.45, 7) is 1.76. The molecule has 1 aromatic rings. The highest BCUT2D eigenvalue weighted by atomic mass is 79.9. The maximum atomic E-state index is 11.7. The van der Waals surface area contributed by atoms with Crippen molar-refractivity contribution in [3.8, 4) is 0 Å². The Morgan fingerprint density at radius 2 is 2.24 bits per heavy atom. The van der Waals surface area contributed by atoms with E-state index in [0.717, 1.165) is 4.47 Å². The van der Waals surface area contributed by atoms with Crippen LogP contribution < -0.4 is 4.90 Å². The van der Waals surface area contributed by atoms with E-state index in [1.807, 2.05) is 0 Å². The number of β-amino-alcohol motifs (C(OH)–C–C–N with tert-alkyl or cyclic N) is 1. The topological polar surface area (TPSA) is 57.6 Å². The van der Waals surface area contributed by atoms with Gasteiger partial charge in [0, 0.05) is 10.0 Å². The molecule has 90 valence electrons. The zero-order valence-electron chi connectivity index (χ0n) is 9.31. The minimum atomic E-state index is -0.629. The molecule has 5 heteroatoms. The summed E-state index contributed by atoms with van der Waals surface area (Å²) in [5.41, 5.74) is 1.19. The van der Waals surface area contributed by atoms with Crippen molar-refractivity contribution in [3.63, 3.8) is 0 Å². The number of anilines is 1. The molecule has 0 bridgehead atoms. The molecule has 1 saturated heterocycles. The van der Waals surface area contributed by atoms with Crippen LogP contribution in [0.25, 0.3) is 0 Å². The number of carbonyl (C=O) groups excluding carboxylic acids is 2. The molecule has 4 nitrogen and oxygen atoms in total. The van der Waals surface area contributed by atoms with Crippen LogP contribution in [0.15, 0.2) is 22.7 Å². The summed E-state index contributed by atoms with van der Waals surface area (Å²) < 4.78 is 0.741. The van der Waals surface area contributed by atoms with Crippen molar-refractivity contribution in [2.75, 3.05) is 11.4 Å². The van der Waals surface area contributed by atoms with Gasteiger partial charge < -0.3 is 10.0 Å². The molecule has 1 aliphatic rings. The Labute approximate surface area is 107 Å². The summed E-state index contributed by atoms with van der Waals surface area (Å²) in [7, 11) is 0. The van der Waals surface area contributed by atoms with Gasteiger partial charge in [-0.1, -0.05) is 6.07 Å². The minimum absolute atomic E-state index is 0.0501. The third-order valence-electron chi connectivity index (χ3n) is 2.75. The number of nitrogens with zero attached hydrogens (tertiary/aromatic N) is 1. The van der Waals surface area contributed by atoms with E-state index in [1.54, 1.807) is 18.2 Å². The van der Waals surface area contributed by atoms with Crippen molar-refractivity contribution in [3.05, 3.63) is 28.2 Å². The van der Waals surface area contributed by atoms with Crippen molar-refractivity contribution in [2.24, 2.45) is 0 Å². The highest BCUT2D eigenvalue weighted by Crippen LogP contribution is 2.30.